The Morgan fingerprint density at radius 2 is 2.38 bits per heavy atom. The number of carbonyl (C=O) groups is 1. The second-order valence-electron chi connectivity index (χ2n) is 1.86. The topological polar surface area (TPSA) is 41.5 Å². The van der Waals surface area contributed by atoms with Gasteiger partial charge in [-0.15, -0.1) is 0 Å². The van der Waals surface area contributed by atoms with Crippen molar-refractivity contribution in [2.75, 3.05) is 0 Å². The summed E-state index contributed by atoms with van der Waals surface area (Å²) in [4.78, 5) is 9.58. The molecule has 8 heavy (non-hydrogen) atoms. The zero-order valence-corrected chi connectivity index (χ0v) is 4.50. The minimum Gasteiger partial charge on any atom is -0.277 e. The molecule has 3 heteroatoms. The third-order valence-electron chi connectivity index (χ3n) is 1.03. The third-order valence-corrected chi connectivity index (χ3v) is 1.03. The Kier molecular flexibility index (Phi) is 1.62. The van der Waals surface area contributed by atoms with Crippen molar-refractivity contribution in [2.24, 2.45) is 11.0 Å². The average Bonchev–Trinajstić information content (AvgIpc) is 2.51. The summed E-state index contributed by atoms with van der Waals surface area (Å²) in [5.74, 6) is 0.641. The molecule has 1 fully saturated rings. The van der Waals surface area contributed by atoms with E-state index in [9.17, 15) is 4.79 Å². The van der Waals surface area contributed by atoms with E-state index < -0.39 is 0 Å². The minimum absolute atomic E-state index is 0.568. The molecule has 0 saturated heterocycles. The molecule has 0 spiro atoms. The Hall–Kier alpha value is -0.860. The number of rotatable bonds is 3. The van der Waals surface area contributed by atoms with E-state index >= 15 is 0 Å². The molecule has 0 unspecified atom stereocenters. The van der Waals surface area contributed by atoms with Crippen molar-refractivity contribution in [2.45, 2.75) is 12.8 Å². The maximum absolute atomic E-state index is 9.58. The van der Waals surface area contributed by atoms with E-state index in [1.54, 1.807) is 6.21 Å². The predicted octanol–water partition coefficient (Wildman–Crippen LogP) is 0.128. The fourth-order valence-corrected chi connectivity index (χ4v) is 0.424. The number of nitrogens with one attached hydrogen (secondary N) is 1. The first kappa shape index (κ1) is 5.28. The molecule has 0 aromatic rings. The van der Waals surface area contributed by atoms with Crippen LogP contribution < -0.4 is 5.43 Å². The van der Waals surface area contributed by atoms with Gasteiger partial charge in [0, 0.05) is 6.21 Å². The van der Waals surface area contributed by atoms with Crippen molar-refractivity contribution in [1.29, 1.82) is 0 Å². The van der Waals surface area contributed by atoms with E-state index in [2.05, 4.69) is 10.5 Å². The molecule has 0 atom stereocenters. The van der Waals surface area contributed by atoms with Crippen molar-refractivity contribution < 1.29 is 4.79 Å². The molecule has 1 amide bonds. The fourth-order valence-electron chi connectivity index (χ4n) is 0.424. The van der Waals surface area contributed by atoms with Crippen LogP contribution in [-0.4, -0.2) is 12.6 Å². The maximum atomic E-state index is 9.58. The van der Waals surface area contributed by atoms with Crippen LogP contribution >= 0.6 is 0 Å². The Morgan fingerprint density at radius 1 is 1.62 bits per heavy atom. The second kappa shape index (κ2) is 2.45. The SMILES string of the molecule is O=CN/N=C\C1CC1. The number of hydrazone groups is 1. The van der Waals surface area contributed by atoms with Crippen LogP contribution in [0.15, 0.2) is 5.10 Å². The zero-order chi connectivity index (χ0) is 5.82. The largest absolute Gasteiger partial charge is 0.277 e. The molecular weight excluding hydrogens is 104 g/mol. The lowest BCUT2D eigenvalue weighted by Crippen LogP contribution is -2.00. The van der Waals surface area contributed by atoms with E-state index in [4.69, 9.17) is 0 Å². The molecule has 0 heterocycles. The Bertz CT molecular complexity index is 107. The van der Waals surface area contributed by atoms with Crippen LogP contribution in [0.5, 0.6) is 0 Å². The highest BCUT2D eigenvalue weighted by molar-refractivity contribution is 5.64. The van der Waals surface area contributed by atoms with E-state index in [-0.39, 0.29) is 0 Å². The summed E-state index contributed by atoms with van der Waals surface area (Å²) in [6.45, 7) is 0. The molecule has 1 rings (SSSR count). The summed E-state index contributed by atoms with van der Waals surface area (Å²) in [6, 6.07) is 0. The van der Waals surface area contributed by atoms with E-state index in [0.29, 0.717) is 12.3 Å². The molecule has 1 aliphatic rings. The normalized spacial score (nSPS) is 19.0. The van der Waals surface area contributed by atoms with Crippen LogP contribution in [-0.2, 0) is 4.79 Å². The molecule has 0 aromatic heterocycles. The highest BCUT2D eigenvalue weighted by atomic mass is 16.1. The standard InChI is InChI=1S/C5H8N2O/c8-4-7-6-3-5-1-2-5/h3-5H,1-2H2,(H,7,8)/b6-3-. The van der Waals surface area contributed by atoms with Gasteiger partial charge in [0.15, 0.2) is 0 Å². The monoisotopic (exact) mass is 112 g/mol. The lowest BCUT2D eigenvalue weighted by Gasteiger charge is -1.80. The van der Waals surface area contributed by atoms with Crippen molar-refractivity contribution >= 4 is 12.6 Å². The third kappa shape index (κ3) is 1.73. The van der Waals surface area contributed by atoms with Gasteiger partial charge < -0.3 is 0 Å². The van der Waals surface area contributed by atoms with Gasteiger partial charge in [0.1, 0.15) is 0 Å². The Balaban J connectivity index is 2.04. The summed E-state index contributed by atoms with van der Waals surface area (Å²) in [5, 5.41) is 3.61. The lowest BCUT2D eigenvalue weighted by molar-refractivity contribution is -0.109. The first-order chi connectivity index (χ1) is 3.93. The first-order valence-electron chi connectivity index (χ1n) is 2.66. The van der Waals surface area contributed by atoms with Crippen LogP contribution in [0.2, 0.25) is 0 Å². The van der Waals surface area contributed by atoms with Crippen molar-refractivity contribution in [3.05, 3.63) is 0 Å². The number of hydrogen-bond donors (Lipinski definition) is 1. The van der Waals surface area contributed by atoms with Gasteiger partial charge in [-0.2, -0.15) is 5.10 Å². The van der Waals surface area contributed by atoms with Crippen LogP contribution in [0.3, 0.4) is 0 Å². The molecule has 44 valence electrons. The maximum Gasteiger partial charge on any atom is 0.227 e. The van der Waals surface area contributed by atoms with Crippen LogP contribution in [0, 0.1) is 5.92 Å². The van der Waals surface area contributed by atoms with Gasteiger partial charge in [0.2, 0.25) is 6.41 Å². The summed E-state index contributed by atoms with van der Waals surface area (Å²) in [6.07, 6.45) is 4.79. The quantitative estimate of drug-likeness (QED) is 0.314. The van der Waals surface area contributed by atoms with Gasteiger partial charge in [-0.25, -0.2) is 0 Å². The molecular formula is C5H8N2O. The van der Waals surface area contributed by atoms with Gasteiger partial charge in [-0.1, -0.05) is 0 Å². The van der Waals surface area contributed by atoms with Gasteiger partial charge in [-0.05, 0) is 18.8 Å². The van der Waals surface area contributed by atoms with E-state index in [1.165, 1.54) is 12.8 Å². The summed E-state index contributed by atoms with van der Waals surface area (Å²) < 4.78 is 0. The molecule has 0 aliphatic heterocycles. The van der Waals surface area contributed by atoms with Gasteiger partial charge in [-0.3, -0.25) is 10.2 Å². The molecule has 1 aliphatic carbocycles. The highest BCUT2D eigenvalue weighted by Gasteiger charge is 2.17. The van der Waals surface area contributed by atoms with Crippen molar-refractivity contribution in [1.82, 2.24) is 5.43 Å². The van der Waals surface area contributed by atoms with Crippen molar-refractivity contribution in [3.63, 3.8) is 0 Å². The van der Waals surface area contributed by atoms with Crippen LogP contribution in [0.4, 0.5) is 0 Å². The van der Waals surface area contributed by atoms with Gasteiger partial charge in [0.05, 0.1) is 0 Å². The second-order valence-corrected chi connectivity index (χ2v) is 1.86. The molecule has 3 nitrogen and oxygen atoms in total. The smallest absolute Gasteiger partial charge is 0.227 e. The number of carbonyl (C=O) groups excluding carboxylic acids is 1. The number of nitrogens with zero attached hydrogens (tertiary/aromatic N) is 1. The molecule has 0 aromatic carbocycles. The minimum atomic E-state index is 0.568. The lowest BCUT2D eigenvalue weighted by atomic mass is 10.5. The Labute approximate surface area is 47.8 Å². The van der Waals surface area contributed by atoms with Gasteiger partial charge in [0.25, 0.3) is 0 Å². The summed E-state index contributed by atoms with van der Waals surface area (Å²) >= 11 is 0. The molecule has 0 radical (unpaired) electrons. The predicted molar refractivity (Wildman–Crippen MR) is 30.4 cm³/mol. The molecule has 1 N–H and O–H groups in total. The first-order valence-corrected chi connectivity index (χ1v) is 2.66. The summed E-state index contributed by atoms with van der Waals surface area (Å²) in [5.41, 5.74) is 2.21. The fraction of sp³-hybridized carbons (Fsp3) is 0.600. The van der Waals surface area contributed by atoms with Crippen molar-refractivity contribution in [3.8, 4) is 0 Å². The average molecular weight is 112 g/mol. The van der Waals surface area contributed by atoms with E-state index in [1.807, 2.05) is 0 Å². The number of amides is 1. The Morgan fingerprint density at radius 3 is 2.88 bits per heavy atom. The highest BCUT2D eigenvalue weighted by Crippen LogP contribution is 2.25. The van der Waals surface area contributed by atoms with Gasteiger partial charge >= 0.3 is 0 Å². The molecule has 1 saturated carbocycles. The summed E-state index contributed by atoms with van der Waals surface area (Å²) in [7, 11) is 0. The zero-order valence-electron chi connectivity index (χ0n) is 4.50. The molecule has 0 bridgehead atoms. The van der Waals surface area contributed by atoms with E-state index in [0.717, 1.165) is 0 Å². The van der Waals surface area contributed by atoms with Crippen LogP contribution in [0.1, 0.15) is 12.8 Å². The number of hydrogen-bond acceptors (Lipinski definition) is 2. The van der Waals surface area contributed by atoms with Crippen LogP contribution in [0.25, 0.3) is 0 Å².